The number of rotatable bonds is 6. The molecule has 0 fully saturated rings. The van der Waals surface area contributed by atoms with E-state index in [1.165, 1.54) is 0 Å². The normalized spacial score (nSPS) is 12.2. The number of aryl methyl sites for hydroxylation is 1. The number of amides is 1. The van der Waals surface area contributed by atoms with Gasteiger partial charge in [0.2, 0.25) is 0 Å². The van der Waals surface area contributed by atoms with Crippen LogP contribution in [0.2, 0.25) is 0 Å². The van der Waals surface area contributed by atoms with Crippen LogP contribution in [0.4, 0.5) is 0 Å². The highest BCUT2D eigenvalue weighted by Gasteiger charge is 2.23. The van der Waals surface area contributed by atoms with Gasteiger partial charge >= 0.3 is 0 Å². The Kier molecular flexibility index (Phi) is 5.97. The molecule has 6 heteroatoms. The first kappa shape index (κ1) is 20.5. The van der Waals surface area contributed by atoms with Crippen LogP contribution >= 0.6 is 0 Å². The van der Waals surface area contributed by atoms with Crippen molar-refractivity contribution in [2.75, 3.05) is 13.1 Å². The maximum absolute atomic E-state index is 13.4. The van der Waals surface area contributed by atoms with Crippen LogP contribution in [0.5, 0.6) is 0 Å². The van der Waals surface area contributed by atoms with E-state index < -0.39 is 0 Å². The molecule has 6 nitrogen and oxygen atoms in total. The van der Waals surface area contributed by atoms with E-state index in [0.29, 0.717) is 24.3 Å². The van der Waals surface area contributed by atoms with Crippen molar-refractivity contribution in [1.29, 1.82) is 5.26 Å². The van der Waals surface area contributed by atoms with Crippen molar-refractivity contribution in [3.05, 3.63) is 47.7 Å². The lowest BCUT2D eigenvalue weighted by molar-refractivity contribution is 0.0754. The molecule has 0 radical (unpaired) electrons. The van der Waals surface area contributed by atoms with Crippen molar-refractivity contribution >= 4 is 16.9 Å². The second-order valence-corrected chi connectivity index (χ2v) is 7.66. The Labute approximate surface area is 171 Å². The monoisotopic (exact) mass is 389 g/mol. The highest BCUT2D eigenvalue weighted by atomic mass is 16.2. The summed E-state index contributed by atoms with van der Waals surface area (Å²) in [6, 6.07) is 12.2. The van der Waals surface area contributed by atoms with E-state index in [0.717, 1.165) is 22.2 Å². The molecule has 2 heterocycles. The standard InChI is InChI=1S/C23H27N5O/c1-6-27(14-16(4)12-24)23(29)19-11-21(18-10-8-7-9-17(18)5)26-22-20(19)13-25-28(22)15(2)3/h7-11,13,15-16H,6,14H2,1-5H3/t16-/m0/s1. The third-order valence-corrected chi connectivity index (χ3v) is 5.09. The molecule has 0 aliphatic carbocycles. The molecule has 0 unspecified atom stereocenters. The van der Waals surface area contributed by atoms with Gasteiger partial charge in [-0.1, -0.05) is 24.3 Å². The van der Waals surface area contributed by atoms with Gasteiger partial charge in [-0.25, -0.2) is 9.67 Å². The van der Waals surface area contributed by atoms with Crippen molar-refractivity contribution in [3.63, 3.8) is 0 Å². The molecule has 150 valence electrons. The minimum absolute atomic E-state index is 0.0971. The van der Waals surface area contributed by atoms with Gasteiger partial charge < -0.3 is 4.90 Å². The number of aromatic nitrogens is 3. The Morgan fingerprint density at radius 3 is 2.62 bits per heavy atom. The minimum atomic E-state index is -0.231. The number of nitriles is 1. The van der Waals surface area contributed by atoms with Crippen molar-refractivity contribution in [1.82, 2.24) is 19.7 Å². The van der Waals surface area contributed by atoms with Crippen LogP contribution in [0.25, 0.3) is 22.3 Å². The van der Waals surface area contributed by atoms with Crippen LogP contribution in [0.1, 0.15) is 49.7 Å². The third-order valence-electron chi connectivity index (χ3n) is 5.09. The van der Waals surface area contributed by atoms with Gasteiger partial charge in [-0.3, -0.25) is 4.79 Å². The number of carbonyl (C=O) groups excluding carboxylic acids is 1. The van der Waals surface area contributed by atoms with Gasteiger partial charge in [-0.05, 0) is 46.2 Å². The SMILES string of the molecule is CCN(C[C@@H](C)C#N)C(=O)c1cc(-c2ccccc2C)nc2c1cnn2C(C)C. The highest BCUT2D eigenvalue weighted by Crippen LogP contribution is 2.29. The van der Waals surface area contributed by atoms with E-state index >= 15 is 0 Å². The number of nitrogens with zero attached hydrogens (tertiary/aromatic N) is 5. The van der Waals surface area contributed by atoms with E-state index in [-0.39, 0.29) is 17.9 Å². The van der Waals surface area contributed by atoms with Gasteiger partial charge in [-0.15, -0.1) is 0 Å². The fourth-order valence-electron chi connectivity index (χ4n) is 3.47. The van der Waals surface area contributed by atoms with Gasteiger partial charge in [-0.2, -0.15) is 10.4 Å². The average molecular weight is 390 g/mol. The Hall–Kier alpha value is -3.20. The number of hydrogen-bond donors (Lipinski definition) is 0. The minimum Gasteiger partial charge on any atom is -0.338 e. The summed E-state index contributed by atoms with van der Waals surface area (Å²) >= 11 is 0. The first-order valence-electron chi connectivity index (χ1n) is 10.0. The van der Waals surface area contributed by atoms with Crippen LogP contribution in [-0.2, 0) is 0 Å². The molecule has 1 atom stereocenters. The number of benzene rings is 1. The smallest absolute Gasteiger partial charge is 0.254 e. The number of fused-ring (bicyclic) bond motifs is 1. The maximum Gasteiger partial charge on any atom is 0.254 e. The second kappa shape index (κ2) is 8.44. The van der Waals surface area contributed by atoms with Crippen LogP contribution in [-0.4, -0.2) is 38.7 Å². The van der Waals surface area contributed by atoms with Gasteiger partial charge in [0.1, 0.15) is 0 Å². The lowest BCUT2D eigenvalue weighted by Gasteiger charge is -2.22. The summed E-state index contributed by atoms with van der Waals surface area (Å²) in [5, 5.41) is 14.4. The molecular weight excluding hydrogens is 362 g/mol. The second-order valence-electron chi connectivity index (χ2n) is 7.66. The zero-order valence-electron chi connectivity index (χ0n) is 17.7. The highest BCUT2D eigenvalue weighted by molar-refractivity contribution is 6.06. The fraction of sp³-hybridized carbons (Fsp3) is 0.391. The Morgan fingerprint density at radius 1 is 1.28 bits per heavy atom. The molecule has 0 spiro atoms. The first-order valence-corrected chi connectivity index (χ1v) is 10.0. The molecule has 0 aliphatic rings. The molecular formula is C23H27N5O. The summed E-state index contributed by atoms with van der Waals surface area (Å²) < 4.78 is 1.85. The molecule has 3 aromatic rings. The molecule has 1 amide bonds. The quantitative estimate of drug-likeness (QED) is 0.617. The molecule has 29 heavy (non-hydrogen) atoms. The van der Waals surface area contributed by atoms with E-state index in [4.69, 9.17) is 4.98 Å². The first-order chi connectivity index (χ1) is 13.9. The van der Waals surface area contributed by atoms with Crippen molar-refractivity contribution in [2.45, 2.75) is 40.7 Å². The zero-order valence-corrected chi connectivity index (χ0v) is 17.7. The Bertz CT molecular complexity index is 1080. The topological polar surface area (TPSA) is 74.8 Å². The summed E-state index contributed by atoms with van der Waals surface area (Å²) in [5.41, 5.74) is 4.12. The summed E-state index contributed by atoms with van der Waals surface area (Å²) in [7, 11) is 0. The predicted molar refractivity (Wildman–Crippen MR) is 114 cm³/mol. The fourth-order valence-corrected chi connectivity index (χ4v) is 3.47. The van der Waals surface area contributed by atoms with Gasteiger partial charge in [0.15, 0.2) is 5.65 Å². The molecule has 3 rings (SSSR count). The molecule has 1 aromatic carbocycles. The third kappa shape index (κ3) is 4.00. The molecule has 0 N–H and O–H groups in total. The maximum atomic E-state index is 13.4. The zero-order chi connectivity index (χ0) is 21.1. The number of pyridine rings is 1. The molecule has 0 saturated heterocycles. The van der Waals surface area contributed by atoms with Crippen molar-refractivity contribution in [3.8, 4) is 17.3 Å². The van der Waals surface area contributed by atoms with E-state index in [1.807, 2.05) is 69.6 Å². The summed E-state index contributed by atoms with van der Waals surface area (Å²) in [5.74, 6) is -0.328. The Morgan fingerprint density at radius 2 is 2.00 bits per heavy atom. The summed E-state index contributed by atoms with van der Waals surface area (Å²) in [6.45, 7) is 10.8. The molecule has 2 aromatic heterocycles. The summed E-state index contributed by atoms with van der Waals surface area (Å²) in [4.78, 5) is 20.0. The van der Waals surface area contributed by atoms with Gasteiger partial charge in [0, 0.05) is 24.7 Å². The van der Waals surface area contributed by atoms with E-state index in [2.05, 4.69) is 11.2 Å². The van der Waals surface area contributed by atoms with E-state index in [1.54, 1.807) is 11.1 Å². The largest absolute Gasteiger partial charge is 0.338 e. The van der Waals surface area contributed by atoms with Crippen molar-refractivity contribution < 1.29 is 4.79 Å². The Balaban J connectivity index is 2.21. The lowest BCUT2D eigenvalue weighted by Crippen LogP contribution is -2.34. The van der Waals surface area contributed by atoms with Gasteiger partial charge in [0.05, 0.1) is 34.8 Å². The molecule has 0 aliphatic heterocycles. The van der Waals surface area contributed by atoms with Crippen LogP contribution in [0.3, 0.4) is 0 Å². The van der Waals surface area contributed by atoms with Gasteiger partial charge in [0.25, 0.3) is 5.91 Å². The number of hydrogen-bond acceptors (Lipinski definition) is 4. The van der Waals surface area contributed by atoms with Crippen LogP contribution in [0.15, 0.2) is 36.5 Å². The number of carbonyl (C=O) groups is 1. The average Bonchev–Trinajstić information content (AvgIpc) is 3.15. The van der Waals surface area contributed by atoms with Crippen LogP contribution in [0, 0.1) is 24.2 Å². The van der Waals surface area contributed by atoms with E-state index in [9.17, 15) is 10.1 Å². The van der Waals surface area contributed by atoms with Crippen molar-refractivity contribution in [2.24, 2.45) is 5.92 Å². The summed E-state index contributed by atoms with van der Waals surface area (Å²) in [6.07, 6.45) is 1.72. The lowest BCUT2D eigenvalue weighted by atomic mass is 10.0. The van der Waals surface area contributed by atoms with Crippen LogP contribution < -0.4 is 0 Å². The predicted octanol–water partition coefficient (Wildman–Crippen LogP) is 4.61. The molecule has 0 saturated carbocycles. The molecule has 0 bridgehead atoms.